The maximum atomic E-state index is 11.4. The SMILES string of the molecule is COc1nccc2c(-c3cc([N+](=O)[O-])ccc3O[C@H]3CC[C@@H](OC)CC3)cn(C)c12. The minimum atomic E-state index is -0.385. The number of ether oxygens (including phenoxy) is 3. The van der Waals surface area contributed by atoms with E-state index in [0.29, 0.717) is 17.2 Å². The number of hydrogen-bond donors (Lipinski definition) is 0. The van der Waals surface area contributed by atoms with Crippen molar-refractivity contribution < 1.29 is 19.1 Å². The predicted octanol–water partition coefficient (Wildman–Crippen LogP) is 4.49. The summed E-state index contributed by atoms with van der Waals surface area (Å²) in [5.41, 5.74) is 2.39. The molecule has 0 amide bonds. The molecule has 8 nitrogen and oxygen atoms in total. The molecule has 4 rings (SSSR count). The fraction of sp³-hybridized carbons (Fsp3) is 0.409. The first-order valence-corrected chi connectivity index (χ1v) is 9.98. The number of aryl methyl sites for hydroxylation is 1. The summed E-state index contributed by atoms with van der Waals surface area (Å²) in [6, 6.07) is 6.66. The molecule has 0 unspecified atom stereocenters. The fourth-order valence-corrected chi connectivity index (χ4v) is 4.19. The smallest absolute Gasteiger partial charge is 0.270 e. The number of methoxy groups -OCH3 is 2. The minimum absolute atomic E-state index is 0.0264. The van der Waals surface area contributed by atoms with E-state index >= 15 is 0 Å². The van der Waals surface area contributed by atoms with Gasteiger partial charge in [-0.15, -0.1) is 0 Å². The minimum Gasteiger partial charge on any atom is -0.490 e. The summed E-state index contributed by atoms with van der Waals surface area (Å²) in [7, 11) is 5.22. The first-order valence-electron chi connectivity index (χ1n) is 9.98. The molecule has 1 aliphatic rings. The van der Waals surface area contributed by atoms with Crippen molar-refractivity contribution in [3.05, 3.63) is 46.8 Å². The molecule has 0 bridgehead atoms. The van der Waals surface area contributed by atoms with Crippen LogP contribution < -0.4 is 9.47 Å². The van der Waals surface area contributed by atoms with Crippen molar-refractivity contribution in [2.45, 2.75) is 37.9 Å². The Morgan fingerprint density at radius 1 is 1.10 bits per heavy atom. The zero-order valence-corrected chi connectivity index (χ0v) is 17.3. The number of rotatable bonds is 6. The van der Waals surface area contributed by atoms with Crippen molar-refractivity contribution in [2.75, 3.05) is 14.2 Å². The van der Waals surface area contributed by atoms with E-state index in [1.807, 2.05) is 23.9 Å². The highest BCUT2D eigenvalue weighted by Gasteiger charge is 2.25. The van der Waals surface area contributed by atoms with Gasteiger partial charge in [0.05, 0.1) is 24.2 Å². The number of aromatic nitrogens is 2. The first kappa shape index (κ1) is 20.2. The van der Waals surface area contributed by atoms with Gasteiger partial charge in [0.15, 0.2) is 0 Å². The summed E-state index contributed by atoms with van der Waals surface area (Å²) < 4.78 is 19.1. The standard InChI is InChI=1S/C22H25N3O5/c1-24-13-19(17-10-11-23-22(29-3)21(17)24)18-12-14(25(26)27)4-9-20(18)30-16-7-5-15(28-2)6-8-16/h4,9-13,15-16H,5-8H2,1-3H3/t15-,16+. The van der Waals surface area contributed by atoms with Crippen molar-refractivity contribution in [3.8, 4) is 22.8 Å². The van der Waals surface area contributed by atoms with Gasteiger partial charge in [-0.2, -0.15) is 0 Å². The molecule has 1 fully saturated rings. The van der Waals surface area contributed by atoms with E-state index in [-0.39, 0.29) is 22.8 Å². The number of non-ortho nitro benzene ring substituents is 1. The molecule has 0 saturated heterocycles. The van der Waals surface area contributed by atoms with E-state index in [9.17, 15) is 10.1 Å². The van der Waals surface area contributed by atoms with Gasteiger partial charge >= 0.3 is 0 Å². The van der Waals surface area contributed by atoms with Crippen LogP contribution in [0.3, 0.4) is 0 Å². The van der Waals surface area contributed by atoms with Crippen molar-refractivity contribution in [1.29, 1.82) is 0 Å². The van der Waals surface area contributed by atoms with E-state index in [1.54, 1.807) is 32.5 Å². The lowest BCUT2D eigenvalue weighted by atomic mass is 9.94. The molecule has 1 aromatic carbocycles. The monoisotopic (exact) mass is 411 g/mol. The third-order valence-electron chi connectivity index (χ3n) is 5.76. The second-order valence-electron chi connectivity index (χ2n) is 7.56. The lowest BCUT2D eigenvalue weighted by Gasteiger charge is -2.28. The molecule has 0 radical (unpaired) electrons. The molecule has 8 heteroatoms. The van der Waals surface area contributed by atoms with Gasteiger partial charge in [-0.3, -0.25) is 10.1 Å². The average molecular weight is 411 g/mol. The molecule has 30 heavy (non-hydrogen) atoms. The molecule has 1 saturated carbocycles. The highest BCUT2D eigenvalue weighted by molar-refractivity contribution is 5.99. The molecule has 0 aliphatic heterocycles. The molecule has 3 aromatic rings. The van der Waals surface area contributed by atoms with Gasteiger partial charge in [0.2, 0.25) is 5.88 Å². The summed E-state index contributed by atoms with van der Waals surface area (Å²) in [5, 5.41) is 12.3. The van der Waals surface area contributed by atoms with Gasteiger partial charge in [0.1, 0.15) is 11.3 Å². The predicted molar refractivity (Wildman–Crippen MR) is 113 cm³/mol. The second-order valence-corrected chi connectivity index (χ2v) is 7.56. The molecule has 0 spiro atoms. The Morgan fingerprint density at radius 3 is 2.50 bits per heavy atom. The van der Waals surface area contributed by atoms with E-state index in [4.69, 9.17) is 14.2 Å². The number of hydrogen-bond acceptors (Lipinski definition) is 6. The van der Waals surface area contributed by atoms with E-state index in [1.165, 1.54) is 6.07 Å². The van der Waals surface area contributed by atoms with Crippen LogP contribution in [0.5, 0.6) is 11.6 Å². The fourth-order valence-electron chi connectivity index (χ4n) is 4.19. The second kappa shape index (κ2) is 8.31. The van der Waals surface area contributed by atoms with Gasteiger partial charge in [0.25, 0.3) is 5.69 Å². The van der Waals surface area contributed by atoms with Gasteiger partial charge < -0.3 is 18.8 Å². The summed E-state index contributed by atoms with van der Waals surface area (Å²) in [4.78, 5) is 15.3. The van der Waals surface area contributed by atoms with Crippen LogP contribution in [0.25, 0.3) is 22.0 Å². The summed E-state index contributed by atoms with van der Waals surface area (Å²) >= 11 is 0. The lowest BCUT2D eigenvalue weighted by Crippen LogP contribution is -2.27. The van der Waals surface area contributed by atoms with Crippen LogP contribution in [-0.2, 0) is 11.8 Å². The zero-order chi connectivity index (χ0) is 21.3. The number of nitro groups is 1. The third kappa shape index (κ3) is 3.70. The van der Waals surface area contributed by atoms with E-state index in [0.717, 1.165) is 42.1 Å². The Hall–Kier alpha value is -3.13. The largest absolute Gasteiger partial charge is 0.490 e. The molecule has 158 valence electrons. The van der Waals surface area contributed by atoms with Gasteiger partial charge in [-0.05, 0) is 37.8 Å². The zero-order valence-electron chi connectivity index (χ0n) is 17.3. The average Bonchev–Trinajstić information content (AvgIpc) is 3.11. The molecular formula is C22H25N3O5. The highest BCUT2D eigenvalue weighted by atomic mass is 16.6. The summed E-state index contributed by atoms with van der Waals surface area (Å²) in [6.45, 7) is 0. The van der Waals surface area contributed by atoms with Crippen molar-refractivity contribution in [1.82, 2.24) is 9.55 Å². The Bertz CT molecular complexity index is 1070. The number of benzene rings is 1. The molecular weight excluding hydrogens is 386 g/mol. The maximum absolute atomic E-state index is 11.4. The first-order chi connectivity index (χ1) is 14.5. The topological polar surface area (TPSA) is 88.7 Å². The molecule has 0 atom stereocenters. The Labute approximate surface area is 174 Å². The van der Waals surface area contributed by atoms with E-state index in [2.05, 4.69) is 4.98 Å². The van der Waals surface area contributed by atoms with Crippen LogP contribution in [0, 0.1) is 10.1 Å². The van der Waals surface area contributed by atoms with Crippen molar-refractivity contribution in [3.63, 3.8) is 0 Å². The Balaban J connectivity index is 1.78. The number of nitrogens with zero attached hydrogens (tertiary/aromatic N) is 3. The summed E-state index contributed by atoms with van der Waals surface area (Å²) in [5.74, 6) is 1.15. The number of pyridine rings is 1. The van der Waals surface area contributed by atoms with Crippen LogP contribution >= 0.6 is 0 Å². The molecule has 2 aromatic heterocycles. The van der Waals surface area contributed by atoms with Crippen LogP contribution in [0.2, 0.25) is 0 Å². The van der Waals surface area contributed by atoms with Gasteiger partial charge in [-0.1, -0.05) is 0 Å². The molecule has 1 aliphatic carbocycles. The Kier molecular flexibility index (Phi) is 5.59. The van der Waals surface area contributed by atoms with Gasteiger partial charge in [0, 0.05) is 55.2 Å². The normalized spacial score (nSPS) is 19.0. The number of nitro benzene ring substituents is 1. The molecule has 0 N–H and O–H groups in total. The number of fused-ring (bicyclic) bond motifs is 1. The van der Waals surface area contributed by atoms with Gasteiger partial charge in [-0.25, -0.2) is 4.98 Å². The van der Waals surface area contributed by atoms with Crippen LogP contribution in [-0.4, -0.2) is 40.9 Å². The maximum Gasteiger partial charge on any atom is 0.270 e. The molecule has 2 heterocycles. The highest BCUT2D eigenvalue weighted by Crippen LogP contribution is 2.41. The third-order valence-corrected chi connectivity index (χ3v) is 5.76. The summed E-state index contributed by atoms with van der Waals surface area (Å²) in [6.07, 6.45) is 7.62. The quantitative estimate of drug-likeness (QED) is 0.438. The lowest BCUT2D eigenvalue weighted by molar-refractivity contribution is -0.384. The van der Waals surface area contributed by atoms with Crippen LogP contribution in [0.4, 0.5) is 5.69 Å². The van der Waals surface area contributed by atoms with Crippen LogP contribution in [0.15, 0.2) is 36.7 Å². The van der Waals surface area contributed by atoms with Crippen molar-refractivity contribution in [2.24, 2.45) is 7.05 Å². The van der Waals surface area contributed by atoms with Crippen molar-refractivity contribution >= 4 is 16.6 Å². The van der Waals surface area contributed by atoms with Crippen LogP contribution in [0.1, 0.15) is 25.7 Å². The Morgan fingerprint density at radius 2 is 1.83 bits per heavy atom. The van der Waals surface area contributed by atoms with E-state index < -0.39 is 0 Å².